The molecule has 0 atom stereocenters. The van der Waals surface area contributed by atoms with Crippen molar-refractivity contribution in [3.8, 4) is 0 Å². The Bertz CT molecular complexity index is 672. The van der Waals surface area contributed by atoms with Crippen LogP contribution in [0.2, 0.25) is 0 Å². The maximum Gasteiger partial charge on any atom is -1.00 e. The van der Waals surface area contributed by atoms with Gasteiger partial charge in [-0.15, -0.1) is 0 Å². The second-order valence-electron chi connectivity index (χ2n) is 6.42. The van der Waals surface area contributed by atoms with E-state index in [9.17, 15) is 21.0 Å². The van der Waals surface area contributed by atoms with Gasteiger partial charge in [0, 0.05) is 0 Å². The van der Waals surface area contributed by atoms with Gasteiger partial charge in [0.25, 0.3) is 0 Å². The number of aryl methyl sites for hydroxylation is 1. The molecule has 0 unspecified atom stereocenters. The number of hydrogen-bond acceptors (Lipinski definition) is 0. The van der Waals surface area contributed by atoms with Crippen molar-refractivity contribution in [3.63, 3.8) is 0 Å². The van der Waals surface area contributed by atoms with Gasteiger partial charge in [0.15, 0.2) is 7.14 Å². The molecule has 0 nitrogen and oxygen atoms in total. The monoisotopic (exact) mass is 522 g/mol. The van der Waals surface area contributed by atoms with Gasteiger partial charge in [-0.3, -0.25) is 0 Å². The molecule has 27 heavy (non-hydrogen) atoms. The Morgan fingerprint density at radius 3 is 1.59 bits per heavy atom. The summed E-state index contributed by atoms with van der Waals surface area (Å²) in [6.45, 7) is 2.15. The first-order valence-electron chi connectivity index (χ1n) is 8.47. The second-order valence-corrected chi connectivity index (χ2v) is 10.7. The van der Waals surface area contributed by atoms with Crippen molar-refractivity contribution < 1.29 is 46.9 Å². The van der Waals surface area contributed by atoms with Gasteiger partial charge in [0.05, 0.1) is 0 Å². The topological polar surface area (TPSA) is 0 Å². The van der Waals surface area contributed by atoms with E-state index in [1.54, 1.807) is 5.56 Å². The van der Waals surface area contributed by atoms with Gasteiger partial charge in [0.2, 0.25) is 0 Å². The third-order valence-corrected chi connectivity index (χ3v) is 6.86. The van der Waals surface area contributed by atoms with E-state index < -0.39 is 8.16 Å². The molecule has 152 valence electrons. The van der Waals surface area contributed by atoms with Crippen molar-refractivity contribution in [1.82, 2.24) is 0 Å². The second kappa shape index (κ2) is 10.1. The summed E-state index contributed by atoms with van der Waals surface area (Å²) in [6.07, 6.45) is 7.07. The van der Waals surface area contributed by atoms with Crippen LogP contribution in [0.1, 0.15) is 49.1 Å². The molecule has 0 N–H and O–H groups in total. The average molecular weight is 522 g/mol. The molecule has 3 rings (SSSR count). The normalized spacial score (nSPS) is 16.3. The molecule has 1 aliphatic rings. The number of halogens is 7. The van der Waals surface area contributed by atoms with Crippen molar-refractivity contribution >= 4 is 8.16 Å². The number of hydrogen-bond donors (Lipinski definition) is 0. The fraction of sp³-hybridized carbons (Fsp3) is 0.368. The van der Waals surface area contributed by atoms with Gasteiger partial charge in [0.1, 0.15) is 0 Å². The molecule has 0 spiro atoms. The molecule has 1 saturated carbocycles. The van der Waals surface area contributed by atoms with Crippen LogP contribution in [-0.4, -0.2) is 0 Å². The van der Waals surface area contributed by atoms with E-state index >= 15 is 0 Å². The molecule has 0 radical (unpaired) electrons. The average Bonchev–Trinajstić information content (AvgIpc) is 2.56. The smallest absolute Gasteiger partial charge is 1.00 e. The van der Waals surface area contributed by atoms with Gasteiger partial charge >= 0.3 is 50.3 Å². The largest absolute Gasteiger partial charge is 1.00 e. The minimum Gasteiger partial charge on any atom is -1.00 e. The van der Waals surface area contributed by atoms with Crippen molar-refractivity contribution in [1.29, 1.82) is 0 Å². The quantitative estimate of drug-likeness (QED) is 0.330. The first-order valence-corrected chi connectivity index (χ1v) is 12.3. The molecular formula is C19H22F6IP. The standard InChI is InChI=1S/C19H22I.F5P.FH/c1-15-7-11-18(12-8-15)20-19-13-9-17(10-14-19)16-5-3-2-4-6-16;1-6(2,3,4)5;/h7-14,16H,2-6H2,1H3;;1H/q+1;;/p-1. The molecule has 0 aromatic heterocycles. The molecule has 1 fully saturated rings. The summed E-state index contributed by atoms with van der Waals surface area (Å²) in [7, 11) is -8.55. The van der Waals surface area contributed by atoms with Gasteiger partial charge in [-0.25, -0.2) is 0 Å². The van der Waals surface area contributed by atoms with E-state index in [2.05, 4.69) is 55.5 Å². The molecule has 0 heterocycles. The first-order chi connectivity index (χ1) is 12.0. The SMILES string of the molecule is Cc1ccc([I+]c2ccc(C3CCCCC3)cc2)cc1.FP(F)(F)(F)F.[F-]. The van der Waals surface area contributed by atoms with Crippen LogP contribution in [0.5, 0.6) is 0 Å². The van der Waals surface area contributed by atoms with Gasteiger partial charge in [-0.05, 0) is 55.5 Å². The maximum atomic E-state index is 9.84. The molecule has 1 aliphatic carbocycles. The Labute approximate surface area is 166 Å². The van der Waals surface area contributed by atoms with Crippen LogP contribution in [0.15, 0.2) is 48.5 Å². The minimum absolute atomic E-state index is 0. The van der Waals surface area contributed by atoms with Crippen LogP contribution in [0.3, 0.4) is 0 Å². The summed E-state index contributed by atoms with van der Waals surface area (Å²) in [5.74, 6) is 0.829. The maximum absolute atomic E-state index is 9.84. The van der Waals surface area contributed by atoms with Gasteiger partial charge in [-0.1, -0.05) is 49.1 Å². The third kappa shape index (κ3) is 10.9. The zero-order valence-electron chi connectivity index (χ0n) is 14.8. The van der Waals surface area contributed by atoms with E-state index in [0.717, 1.165) is 5.92 Å². The first kappa shape index (κ1) is 24.2. The zero-order chi connectivity index (χ0) is 19.2. The molecule has 8 heteroatoms. The predicted molar refractivity (Wildman–Crippen MR) is 93.3 cm³/mol. The van der Waals surface area contributed by atoms with Crippen LogP contribution >= 0.6 is 8.16 Å². The fourth-order valence-electron chi connectivity index (χ4n) is 2.96. The summed E-state index contributed by atoms with van der Waals surface area (Å²) < 4.78 is 52.2. The molecule has 0 bridgehead atoms. The Morgan fingerprint density at radius 2 is 1.15 bits per heavy atom. The third-order valence-electron chi connectivity index (χ3n) is 4.18. The van der Waals surface area contributed by atoms with E-state index in [0.29, 0.717) is 0 Å². The predicted octanol–water partition coefficient (Wildman–Crippen LogP) is 2.14. The summed E-state index contributed by atoms with van der Waals surface area (Å²) in [6, 6.07) is 18.6. The van der Waals surface area contributed by atoms with E-state index in [1.165, 1.54) is 44.8 Å². The van der Waals surface area contributed by atoms with Gasteiger partial charge < -0.3 is 4.70 Å². The zero-order valence-corrected chi connectivity index (χ0v) is 17.9. The molecule has 0 saturated heterocycles. The summed E-state index contributed by atoms with van der Waals surface area (Å²) in [5.41, 5.74) is 2.92. The summed E-state index contributed by atoms with van der Waals surface area (Å²) in [4.78, 5) is 0. The number of benzene rings is 2. The minimum atomic E-state index is -8.55. The van der Waals surface area contributed by atoms with Crippen LogP contribution < -0.4 is 25.9 Å². The van der Waals surface area contributed by atoms with Gasteiger partial charge in [-0.2, -0.15) is 0 Å². The Morgan fingerprint density at radius 1 is 0.741 bits per heavy atom. The molecule has 2 aromatic rings. The van der Waals surface area contributed by atoms with E-state index in [4.69, 9.17) is 0 Å². The number of rotatable bonds is 3. The molecule has 0 amide bonds. The van der Waals surface area contributed by atoms with Crippen molar-refractivity contribution in [2.75, 3.05) is 0 Å². The fourth-order valence-corrected chi connectivity index (χ4v) is 5.11. The van der Waals surface area contributed by atoms with Crippen molar-refractivity contribution in [3.05, 3.63) is 66.8 Å². The van der Waals surface area contributed by atoms with Crippen molar-refractivity contribution in [2.24, 2.45) is 0 Å². The van der Waals surface area contributed by atoms with E-state index in [1.807, 2.05) is 0 Å². The summed E-state index contributed by atoms with van der Waals surface area (Å²) >= 11 is -0.0155. The molecular weight excluding hydrogens is 500 g/mol. The Balaban J connectivity index is 0.000000456. The molecule has 2 aromatic carbocycles. The van der Waals surface area contributed by atoms with Crippen molar-refractivity contribution in [2.45, 2.75) is 44.9 Å². The Hall–Kier alpha value is -0.820. The van der Waals surface area contributed by atoms with Crippen LogP contribution in [0, 0.1) is 14.1 Å². The van der Waals surface area contributed by atoms with Crippen LogP contribution in [0.4, 0.5) is 21.0 Å². The van der Waals surface area contributed by atoms with E-state index in [-0.39, 0.29) is 25.9 Å². The van der Waals surface area contributed by atoms with Crippen LogP contribution in [-0.2, 0) is 0 Å². The van der Waals surface area contributed by atoms with Crippen LogP contribution in [0.25, 0.3) is 0 Å². The summed E-state index contributed by atoms with van der Waals surface area (Å²) in [5, 5.41) is 0. The molecule has 0 aliphatic heterocycles. The Kier molecular flexibility index (Phi) is 9.06.